The average Bonchev–Trinajstić information content (AvgIpc) is 2.42. The van der Waals surface area contributed by atoms with Crippen LogP contribution in [0.3, 0.4) is 0 Å². The first-order chi connectivity index (χ1) is 7.24. The fourth-order valence-electron chi connectivity index (χ4n) is 1.90. The van der Waals surface area contributed by atoms with E-state index in [1.165, 1.54) is 19.3 Å². The SMILES string of the molecule is CSCCC(=O)NC1CCCCCC1Cl. The molecule has 1 aliphatic carbocycles. The number of carbonyl (C=O) groups excluding carboxylic acids is 1. The highest BCUT2D eigenvalue weighted by atomic mass is 35.5. The van der Waals surface area contributed by atoms with Gasteiger partial charge in [0.1, 0.15) is 0 Å². The molecule has 2 nitrogen and oxygen atoms in total. The van der Waals surface area contributed by atoms with E-state index in [-0.39, 0.29) is 17.3 Å². The number of rotatable bonds is 4. The number of hydrogen-bond acceptors (Lipinski definition) is 2. The lowest BCUT2D eigenvalue weighted by molar-refractivity contribution is -0.121. The van der Waals surface area contributed by atoms with Crippen molar-refractivity contribution in [2.45, 2.75) is 49.9 Å². The topological polar surface area (TPSA) is 29.1 Å². The monoisotopic (exact) mass is 249 g/mol. The lowest BCUT2D eigenvalue weighted by Gasteiger charge is -2.21. The highest BCUT2D eigenvalue weighted by molar-refractivity contribution is 7.98. The summed E-state index contributed by atoms with van der Waals surface area (Å²) in [5.41, 5.74) is 0. The van der Waals surface area contributed by atoms with Crippen LogP contribution in [0.5, 0.6) is 0 Å². The van der Waals surface area contributed by atoms with E-state index in [1.54, 1.807) is 11.8 Å². The normalized spacial score (nSPS) is 27.1. The van der Waals surface area contributed by atoms with Crippen molar-refractivity contribution in [2.75, 3.05) is 12.0 Å². The Bertz CT molecular complexity index is 201. The third-order valence-electron chi connectivity index (χ3n) is 2.81. The van der Waals surface area contributed by atoms with Gasteiger partial charge in [-0.25, -0.2) is 0 Å². The van der Waals surface area contributed by atoms with Crippen LogP contribution in [0.1, 0.15) is 38.5 Å². The molecule has 0 aliphatic heterocycles. The zero-order chi connectivity index (χ0) is 11.1. The average molecular weight is 250 g/mol. The second kappa shape index (κ2) is 7.39. The van der Waals surface area contributed by atoms with Gasteiger partial charge in [0.15, 0.2) is 0 Å². The number of carbonyl (C=O) groups is 1. The van der Waals surface area contributed by atoms with Gasteiger partial charge in [0.2, 0.25) is 5.91 Å². The lowest BCUT2D eigenvalue weighted by atomic mass is 10.1. The number of hydrogen-bond donors (Lipinski definition) is 1. The summed E-state index contributed by atoms with van der Waals surface area (Å²) in [4.78, 5) is 11.5. The van der Waals surface area contributed by atoms with Crippen LogP contribution in [0.4, 0.5) is 0 Å². The molecule has 0 spiro atoms. The number of alkyl halides is 1. The molecule has 1 rings (SSSR count). The Morgan fingerprint density at radius 3 is 2.87 bits per heavy atom. The highest BCUT2D eigenvalue weighted by Gasteiger charge is 2.22. The summed E-state index contributed by atoms with van der Waals surface area (Å²) in [7, 11) is 0. The summed E-state index contributed by atoms with van der Waals surface area (Å²) >= 11 is 7.95. The molecule has 1 aliphatic rings. The van der Waals surface area contributed by atoms with Crippen LogP contribution in [0, 0.1) is 0 Å². The molecule has 2 unspecified atom stereocenters. The Morgan fingerprint density at radius 2 is 2.13 bits per heavy atom. The maximum absolute atomic E-state index is 11.5. The molecular formula is C11H20ClNOS. The van der Waals surface area contributed by atoms with E-state index < -0.39 is 0 Å². The van der Waals surface area contributed by atoms with Gasteiger partial charge in [-0.15, -0.1) is 11.6 Å². The van der Waals surface area contributed by atoms with Gasteiger partial charge in [-0.2, -0.15) is 11.8 Å². The van der Waals surface area contributed by atoms with Crippen molar-refractivity contribution in [3.63, 3.8) is 0 Å². The van der Waals surface area contributed by atoms with Crippen molar-refractivity contribution >= 4 is 29.3 Å². The Hall–Kier alpha value is 0.110. The first-order valence-corrected chi connectivity index (χ1v) is 7.49. The Balaban J connectivity index is 2.30. The third-order valence-corrected chi connectivity index (χ3v) is 3.95. The van der Waals surface area contributed by atoms with E-state index in [4.69, 9.17) is 11.6 Å². The second-order valence-corrected chi connectivity index (χ2v) is 5.62. The van der Waals surface area contributed by atoms with Gasteiger partial charge in [-0.3, -0.25) is 4.79 Å². The lowest BCUT2D eigenvalue weighted by Crippen LogP contribution is -2.40. The van der Waals surface area contributed by atoms with Gasteiger partial charge in [-0.05, 0) is 19.1 Å². The van der Waals surface area contributed by atoms with Crippen molar-refractivity contribution in [2.24, 2.45) is 0 Å². The molecule has 0 saturated heterocycles. The number of halogens is 1. The maximum atomic E-state index is 11.5. The van der Waals surface area contributed by atoms with Gasteiger partial charge in [0.05, 0.1) is 5.38 Å². The first-order valence-electron chi connectivity index (χ1n) is 5.66. The van der Waals surface area contributed by atoms with E-state index in [0.717, 1.165) is 18.6 Å². The van der Waals surface area contributed by atoms with Gasteiger partial charge in [0.25, 0.3) is 0 Å². The quantitative estimate of drug-likeness (QED) is 0.613. The van der Waals surface area contributed by atoms with Crippen LogP contribution in [0.2, 0.25) is 0 Å². The predicted octanol–water partition coefficient (Wildman–Crippen LogP) is 2.80. The summed E-state index contributed by atoms with van der Waals surface area (Å²) in [5, 5.41) is 3.19. The van der Waals surface area contributed by atoms with Crippen molar-refractivity contribution in [1.82, 2.24) is 5.32 Å². The molecule has 1 saturated carbocycles. The van der Waals surface area contributed by atoms with Gasteiger partial charge >= 0.3 is 0 Å². The summed E-state index contributed by atoms with van der Waals surface area (Å²) in [5.74, 6) is 1.05. The van der Waals surface area contributed by atoms with Gasteiger partial charge < -0.3 is 5.32 Å². The van der Waals surface area contributed by atoms with Crippen molar-refractivity contribution in [3.8, 4) is 0 Å². The number of nitrogens with one attached hydrogen (secondary N) is 1. The molecule has 2 atom stereocenters. The minimum Gasteiger partial charge on any atom is -0.352 e. The van der Waals surface area contributed by atoms with Crippen LogP contribution >= 0.6 is 23.4 Å². The van der Waals surface area contributed by atoms with Gasteiger partial charge in [-0.1, -0.05) is 19.3 Å². The van der Waals surface area contributed by atoms with Crippen molar-refractivity contribution < 1.29 is 4.79 Å². The molecule has 0 aromatic heterocycles. The Morgan fingerprint density at radius 1 is 1.40 bits per heavy atom. The minimum atomic E-state index is 0.130. The standard InChI is InChI=1S/C11H20ClNOS/c1-15-8-7-11(14)13-10-6-4-2-3-5-9(10)12/h9-10H,2-8H2,1H3,(H,13,14). The van der Waals surface area contributed by atoms with E-state index in [2.05, 4.69) is 5.32 Å². The molecule has 0 heterocycles. The molecule has 1 fully saturated rings. The number of thioether (sulfide) groups is 1. The van der Waals surface area contributed by atoms with Gasteiger partial charge in [0, 0.05) is 18.2 Å². The zero-order valence-corrected chi connectivity index (χ0v) is 10.9. The minimum absolute atomic E-state index is 0.130. The van der Waals surface area contributed by atoms with E-state index in [9.17, 15) is 4.79 Å². The molecular weight excluding hydrogens is 230 g/mol. The summed E-state index contributed by atoms with van der Waals surface area (Å²) in [6.45, 7) is 0. The zero-order valence-electron chi connectivity index (χ0n) is 9.30. The first kappa shape index (κ1) is 13.2. The molecule has 0 aromatic rings. The van der Waals surface area contributed by atoms with Crippen LogP contribution in [-0.4, -0.2) is 29.3 Å². The van der Waals surface area contributed by atoms with Crippen molar-refractivity contribution in [3.05, 3.63) is 0 Å². The predicted molar refractivity (Wildman–Crippen MR) is 67.7 cm³/mol. The van der Waals surface area contributed by atoms with Crippen LogP contribution in [-0.2, 0) is 4.79 Å². The number of amides is 1. The second-order valence-electron chi connectivity index (χ2n) is 4.07. The molecule has 4 heteroatoms. The molecule has 0 radical (unpaired) electrons. The molecule has 88 valence electrons. The largest absolute Gasteiger partial charge is 0.352 e. The molecule has 0 aromatic carbocycles. The van der Waals surface area contributed by atoms with E-state index in [1.807, 2.05) is 6.26 Å². The summed E-state index contributed by atoms with van der Waals surface area (Å²) in [6.07, 6.45) is 8.35. The molecule has 0 bridgehead atoms. The fourth-order valence-corrected chi connectivity index (χ4v) is 2.63. The molecule has 15 heavy (non-hydrogen) atoms. The molecule has 1 amide bonds. The van der Waals surface area contributed by atoms with Crippen LogP contribution < -0.4 is 5.32 Å². The third kappa shape index (κ3) is 5.12. The van der Waals surface area contributed by atoms with Crippen molar-refractivity contribution in [1.29, 1.82) is 0 Å². The van der Waals surface area contributed by atoms with Crippen LogP contribution in [0.25, 0.3) is 0 Å². The molecule has 1 N–H and O–H groups in total. The maximum Gasteiger partial charge on any atom is 0.221 e. The van der Waals surface area contributed by atoms with E-state index >= 15 is 0 Å². The highest BCUT2D eigenvalue weighted by Crippen LogP contribution is 2.22. The fraction of sp³-hybridized carbons (Fsp3) is 0.909. The Kier molecular flexibility index (Phi) is 6.50. The smallest absolute Gasteiger partial charge is 0.221 e. The summed E-state index contributed by atoms with van der Waals surface area (Å²) < 4.78 is 0. The van der Waals surface area contributed by atoms with Crippen LogP contribution in [0.15, 0.2) is 0 Å². The Labute approximate surface area is 102 Å². The summed E-state index contributed by atoms with van der Waals surface area (Å²) in [6, 6.07) is 0.198. The van der Waals surface area contributed by atoms with E-state index in [0.29, 0.717) is 6.42 Å².